The van der Waals surface area contributed by atoms with Crippen LogP contribution < -0.4 is 4.74 Å². The van der Waals surface area contributed by atoms with Gasteiger partial charge in [-0.3, -0.25) is 9.69 Å². The number of esters is 1. The van der Waals surface area contributed by atoms with E-state index in [4.69, 9.17) is 9.47 Å². The molecule has 0 radical (unpaired) electrons. The lowest BCUT2D eigenvalue weighted by atomic mass is 9.67. The van der Waals surface area contributed by atoms with Gasteiger partial charge in [-0.25, -0.2) is 0 Å². The second kappa shape index (κ2) is 6.85. The molecule has 1 fully saturated rings. The average Bonchev–Trinajstić information content (AvgIpc) is 3.07. The van der Waals surface area contributed by atoms with E-state index in [0.29, 0.717) is 6.61 Å². The molecule has 5 rings (SSSR count). The SMILES string of the molecule is COC(=O)[C@]12COc3ccc4ccccc4c3[C@H]1N(C)C[C@H]2c1ccc(Br)cc1. The highest BCUT2D eigenvalue weighted by Crippen LogP contribution is 2.60. The number of benzene rings is 3. The zero-order valence-corrected chi connectivity index (χ0v) is 18.0. The summed E-state index contributed by atoms with van der Waals surface area (Å²) < 4.78 is 12.7. The Hall–Kier alpha value is -2.37. The van der Waals surface area contributed by atoms with E-state index in [1.165, 1.54) is 7.11 Å². The molecule has 5 heteroatoms. The van der Waals surface area contributed by atoms with E-state index < -0.39 is 5.41 Å². The van der Waals surface area contributed by atoms with Crippen molar-refractivity contribution in [2.45, 2.75) is 12.0 Å². The van der Waals surface area contributed by atoms with Crippen molar-refractivity contribution in [3.8, 4) is 5.75 Å². The van der Waals surface area contributed by atoms with Gasteiger partial charge in [0.05, 0.1) is 13.2 Å². The van der Waals surface area contributed by atoms with Crippen LogP contribution in [-0.2, 0) is 9.53 Å². The molecular weight excluding hydrogens is 430 g/mol. The number of hydrogen-bond acceptors (Lipinski definition) is 4. The van der Waals surface area contributed by atoms with Crippen LogP contribution in [0.5, 0.6) is 5.75 Å². The number of hydrogen-bond donors (Lipinski definition) is 0. The number of carbonyl (C=O) groups is 1. The fraction of sp³-hybridized carbons (Fsp3) is 0.292. The van der Waals surface area contributed by atoms with Crippen LogP contribution in [0.15, 0.2) is 65.1 Å². The first-order valence-electron chi connectivity index (χ1n) is 9.75. The highest BCUT2D eigenvalue weighted by molar-refractivity contribution is 9.10. The molecule has 3 aromatic carbocycles. The third-order valence-electron chi connectivity index (χ3n) is 6.53. The maximum atomic E-state index is 13.4. The van der Waals surface area contributed by atoms with Crippen LogP contribution in [0.25, 0.3) is 10.8 Å². The van der Waals surface area contributed by atoms with E-state index in [2.05, 4.69) is 58.2 Å². The first-order valence-corrected chi connectivity index (χ1v) is 10.5. The monoisotopic (exact) mass is 451 g/mol. The summed E-state index contributed by atoms with van der Waals surface area (Å²) in [5.41, 5.74) is 1.41. The van der Waals surface area contributed by atoms with Gasteiger partial charge in [-0.15, -0.1) is 0 Å². The van der Waals surface area contributed by atoms with Crippen LogP contribution >= 0.6 is 15.9 Å². The maximum absolute atomic E-state index is 13.4. The van der Waals surface area contributed by atoms with Crippen molar-refractivity contribution in [2.75, 3.05) is 27.3 Å². The molecule has 3 aromatic rings. The molecule has 2 aliphatic rings. The van der Waals surface area contributed by atoms with Gasteiger partial charge in [0, 0.05) is 22.5 Å². The van der Waals surface area contributed by atoms with Gasteiger partial charge in [0.15, 0.2) is 0 Å². The molecule has 0 amide bonds. The topological polar surface area (TPSA) is 38.8 Å². The van der Waals surface area contributed by atoms with Crippen molar-refractivity contribution < 1.29 is 14.3 Å². The summed E-state index contributed by atoms with van der Waals surface area (Å²) in [7, 11) is 3.57. The van der Waals surface area contributed by atoms with Crippen LogP contribution in [0, 0.1) is 5.41 Å². The number of carbonyl (C=O) groups excluding carboxylic acids is 1. The third-order valence-corrected chi connectivity index (χ3v) is 7.06. The molecule has 0 unspecified atom stereocenters. The van der Waals surface area contributed by atoms with Gasteiger partial charge in [-0.05, 0) is 41.6 Å². The normalized spacial score (nSPS) is 25.9. The summed E-state index contributed by atoms with van der Waals surface area (Å²) in [6.45, 7) is 1.06. The van der Waals surface area contributed by atoms with Crippen molar-refractivity contribution in [3.63, 3.8) is 0 Å². The quantitative estimate of drug-likeness (QED) is 0.518. The lowest BCUT2D eigenvalue weighted by Gasteiger charge is -2.42. The second-order valence-electron chi connectivity index (χ2n) is 7.97. The predicted molar refractivity (Wildman–Crippen MR) is 116 cm³/mol. The van der Waals surface area contributed by atoms with E-state index in [0.717, 1.165) is 38.7 Å². The van der Waals surface area contributed by atoms with Crippen molar-refractivity contribution >= 4 is 32.7 Å². The molecule has 0 saturated carbocycles. The summed E-state index contributed by atoms with van der Waals surface area (Å²) in [5, 5.41) is 2.28. The fourth-order valence-electron chi connectivity index (χ4n) is 5.28. The Morgan fingerprint density at radius 2 is 1.90 bits per heavy atom. The summed E-state index contributed by atoms with van der Waals surface area (Å²) >= 11 is 3.51. The van der Waals surface area contributed by atoms with Gasteiger partial charge >= 0.3 is 5.97 Å². The Labute approximate surface area is 178 Å². The predicted octanol–water partition coefficient (Wildman–Crippen LogP) is 4.92. The van der Waals surface area contributed by atoms with Gasteiger partial charge in [-0.1, -0.05) is 58.4 Å². The van der Waals surface area contributed by atoms with Crippen molar-refractivity contribution in [1.82, 2.24) is 4.90 Å². The maximum Gasteiger partial charge on any atom is 0.317 e. The van der Waals surface area contributed by atoms with Gasteiger partial charge in [-0.2, -0.15) is 0 Å². The zero-order chi connectivity index (χ0) is 20.2. The second-order valence-corrected chi connectivity index (χ2v) is 8.88. The first kappa shape index (κ1) is 18.6. The Morgan fingerprint density at radius 3 is 2.66 bits per heavy atom. The standard InChI is InChI=1S/C24H22BrNO3/c1-26-13-19(16-7-10-17(25)11-8-16)24(23(27)28-2)14-29-20-12-9-15-5-3-4-6-18(15)21(20)22(24)26/h3-12,19,22H,13-14H2,1-2H3/t19-,22+,24-/m0/s1. The molecule has 0 aromatic heterocycles. The molecule has 1 saturated heterocycles. The lowest BCUT2D eigenvalue weighted by Crippen LogP contribution is -2.48. The van der Waals surface area contributed by atoms with Crippen molar-refractivity contribution in [3.05, 3.63) is 76.3 Å². The van der Waals surface area contributed by atoms with Crippen LogP contribution in [0.4, 0.5) is 0 Å². The number of ether oxygens (including phenoxy) is 2. The summed E-state index contributed by atoms with van der Waals surface area (Å²) in [5.74, 6) is 0.625. The van der Waals surface area contributed by atoms with Crippen molar-refractivity contribution in [2.24, 2.45) is 5.41 Å². The minimum absolute atomic E-state index is 0.0230. The fourth-order valence-corrected chi connectivity index (χ4v) is 5.54. The summed E-state index contributed by atoms with van der Waals surface area (Å²) in [6, 6.07) is 20.5. The highest BCUT2D eigenvalue weighted by Gasteiger charge is 2.63. The Bertz CT molecular complexity index is 1100. The van der Waals surface area contributed by atoms with Crippen LogP contribution in [0.3, 0.4) is 0 Å². The van der Waals surface area contributed by atoms with Crippen LogP contribution in [0.2, 0.25) is 0 Å². The Kier molecular flexibility index (Phi) is 4.41. The van der Waals surface area contributed by atoms with Crippen LogP contribution in [-0.4, -0.2) is 38.2 Å². The molecule has 4 nitrogen and oxygen atoms in total. The van der Waals surface area contributed by atoms with Gasteiger partial charge < -0.3 is 9.47 Å². The molecule has 0 bridgehead atoms. The number of halogens is 1. The van der Waals surface area contributed by atoms with E-state index in [9.17, 15) is 4.79 Å². The number of likely N-dealkylation sites (N-methyl/N-ethyl adjacent to an activating group) is 1. The molecule has 0 spiro atoms. The molecular formula is C24H22BrNO3. The van der Waals surface area contributed by atoms with Crippen LogP contribution in [0.1, 0.15) is 23.1 Å². The number of nitrogens with zero attached hydrogens (tertiary/aromatic N) is 1. The molecule has 0 N–H and O–H groups in total. The van der Waals surface area contributed by atoms with E-state index >= 15 is 0 Å². The van der Waals surface area contributed by atoms with Gasteiger partial charge in [0.1, 0.15) is 17.8 Å². The average molecular weight is 452 g/mol. The zero-order valence-electron chi connectivity index (χ0n) is 16.4. The smallest absolute Gasteiger partial charge is 0.317 e. The lowest BCUT2D eigenvalue weighted by molar-refractivity contribution is -0.159. The number of likely N-dealkylation sites (tertiary alicyclic amines) is 1. The summed E-state index contributed by atoms with van der Waals surface area (Å²) in [4.78, 5) is 15.7. The van der Waals surface area contributed by atoms with Crippen molar-refractivity contribution in [1.29, 1.82) is 0 Å². The molecule has 2 aliphatic heterocycles. The van der Waals surface area contributed by atoms with E-state index in [-0.39, 0.29) is 17.9 Å². The van der Waals surface area contributed by atoms with Gasteiger partial charge in [0.2, 0.25) is 0 Å². The minimum Gasteiger partial charge on any atom is -0.492 e. The first-order chi connectivity index (χ1) is 14.1. The number of methoxy groups -OCH3 is 1. The largest absolute Gasteiger partial charge is 0.492 e. The Morgan fingerprint density at radius 1 is 1.14 bits per heavy atom. The molecule has 2 heterocycles. The van der Waals surface area contributed by atoms with E-state index in [1.807, 2.05) is 30.3 Å². The highest BCUT2D eigenvalue weighted by atomic mass is 79.9. The minimum atomic E-state index is -0.797. The number of fused-ring (bicyclic) bond motifs is 5. The van der Waals surface area contributed by atoms with E-state index in [1.54, 1.807) is 0 Å². The summed E-state index contributed by atoms with van der Waals surface area (Å²) in [6.07, 6.45) is 0. The Balaban J connectivity index is 1.75. The molecule has 3 atom stereocenters. The number of rotatable bonds is 2. The third kappa shape index (κ3) is 2.64. The molecule has 148 valence electrons. The molecule has 29 heavy (non-hydrogen) atoms. The van der Waals surface area contributed by atoms with Gasteiger partial charge in [0.25, 0.3) is 0 Å². The molecule has 0 aliphatic carbocycles.